The molecule has 1 aromatic carbocycles. The van der Waals surface area contributed by atoms with Crippen molar-refractivity contribution in [3.8, 4) is 0 Å². The predicted molar refractivity (Wildman–Crippen MR) is 52.9 cm³/mol. The number of ether oxygens (including phenoxy) is 1. The number of aliphatic hydroxyl groups is 1. The Morgan fingerprint density at radius 3 is 2.38 bits per heavy atom. The second kappa shape index (κ2) is 5.03. The van der Waals surface area contributed by atoms with Gasteiger partial charge in [-0.15, -0.1) is 0 Å². The highest BCUT2D eigenvalue weighted by atomic mass is 19.3. The van der Waals surface area contributed by atoms with E-state index in [0.717, 1.165) is 12.1 Å². The molecule has 1 aromatic rings. The monoisotopic (exact) mass is 230 g/mol. The Morgan fingerprint density at radius 2 is 1.94 bits per heavy atom. The molecule has 3 nitrogen and oxygen atoms in total. The molecule has 0 aliphatic heterocycles. The van der Waals surface area contributed by atoms with E-state index in [2.05, 4.69) is 4.74 Å². The van der Waals surface area contributed by atoms with Crippen molar-refractivity contribution in [3.63, 3.8) is 0 Å². The molecule has 0 saturated heterocycles. The molecule has 0 aliphatic carbocycles. The maximum atomic E-state index is 13.4. The third-order valence-electron chi connectivity index (χ3n) is 2.03. The van der Waals surface area contributed by atoms with Gasteiger partial charge < -0.3 is 9.84 Å². The summed E-state index contributed by atoms with van der Waals surface area (Å²) in [5.74, 6) is -5.21. The molecule has 5 heteroatoms. The summed E-state index contributed by atoms with van der Waals surface area (Å²) in [6.45, 7) is 1.14. The smallest absolute Gasteiger partial charge is 0.381 e. The molecule has 0 heterocycles. The molecule has 0 fully saturated rings. The van der Waals surface area contributed by atoms with Gasteiger partial charge in [0.05, 0.1) is 13.2 Å². The van der Waals surface area contributed by atoms with Gasteiger partial charge in [-0.2, -0.15) is 8.78 Å². The van der Waals surface area contributed by atoms with Crippen LogP contribution >= 0.6 is 0 Å². The van der Waals surface area contributed by atoms with Crippen LogP contribution in [0.1, 0.15) is 18.1 Å². The van der Waals surface area contributed by atoms with Crippen molar-refractivity contribution >= 4 is 5.97 Å². The van der Waals surface area contributed by atoms with Gasteiger partial charge >= 0.3 is 11.9 Å². The SMILES string of the molecule is CCOC(=O)C(F)(F)c1ccc(CO)cc1. The van der Waals surface area contributed by atoms with E-state index in [1.807, 2.05) is 0 Å². The molecule has 0 unspecified atom stereocenters. The van der Waals surface area contributed by atoms with Crippen LogP contribution in [0.25, 0.3) is 0 Å². The van der Waals surface area contributed by atoms with E-state index in [9.17, 15) is 13.6 Å². The van der Waals surface area contributed by atoms with E-state index in [1.165, 1.54) is 19.1 Å². The molecule has 0 spiro atoms. The number of rotatable bonds is 4. The Hall–Kier alpha value is -1.49. The molecule has 0 aliphatic rings. The van der Waals surface area contributed by atoms with Gasteiger partial charge in [0.15, 0.2) is 0 Å². The largest absolute Gasteiger partial charge is 0.461 e. The standard InChI is InChI=1S/C11H12F2O3/c1-2-16-10(15)11(12,13)9-5-3-8(7-14)4-6-9/h3-6,14H,2,7H2,1H3. The number of alkyl halides is 2. The Morgan fingerprint density at radius 1 is 1.38 bits per heavy atom. The van der Waals surface area contributed by atoms with E-state index in [-0.39, 0.29) is 13.2 Å². The van der Waals surface area contributed by atoms with Crippen LogP contribution in [0, 0.1) is 0 Å². The minimum Gasteiger partial charge on any atom is -0.461 e. The van der Waals surface area contributed by atoms with Gasteiger partial charge in [0, 0.05) is 5.56 Å². The van der Waals surface area contributed by atoms with E-state index >= 15 is 0 Å². The Labute approximate surface area is 91.7 Å². The number of halogens is 2. The van der Waals surface area contributed by atoms with Gasteiger partial charge in [0.25, 0.3) is 0 Å². The van der Waals surface area contributed by atoms with Gasteiger partial charge in [0.2, 0.25) is 0 Å². The highest BCUT2D eigenvalue weighted by Crippen LogP contribution is 2.29. The van der Waals surface area contributed by atoms with Crippen LogP contribution in [0.3, 0.4) is 0 Å². The summed E-state index contributed by atoms with van der Waals surface area (Å²) in [6.07, 6.45) is 0. The van der Waals surface area contributed by atoms with E-state index in [4.69, 9.17) is 5.11 Å². The first-order valence-corrected chi connectivity index (χ1v) is 4.77. The Bertz CT molecular complexity index is 360. The van der Waals surface area contributed by atoms with Crippen molar-refractivity contribution in [3.05, 3.63) is 35.4 Å². The summed E-state index contributed by atoms with van der Waals surface area (Å²) in [5.41, 5.74) is 0.0616. The molecule has 16 heavy (non-hydrogen) atoms. The molecule has 0 aromatic heterocycles. The van der Waals surface area contributed by atoms with Crippen LogP contribution in [0.15, 0.2) is 24.3 Å². The summed E-state index contributed by atoms with van der Waals surface area (Å²) in [6, 6.07) is 4.87. The fraction of sp³-hybridized carbons (Fsp3) is 0.364. The minimum absolute atomic E-state index is 0.0941. The topological polar surface area (TPSA) is 46.5 Å². The molecule has 0 radical (unpaired) electrons. The zero-order chi connectivity index (χ0) is 12.2. The van der Waals surface area contributed by atoms with Gasteiger partial charge in [-0.05, 0) is 12.5 Å². The van der Waals surface area contributed by atoms with E-state index in [0.29, 0.717) is 5.56 Å². The van der Waals surface area contributed by atoms with Crippen LogP contribution in [-0.4, -0.2) is 17.7 Å². The molecule has 1 N–H and O–H groups in total. The quantitative estimate of drug-likeness (QED) is 0.803. The van der Waals surface area contributed by atoms with Gasteiger partial charge in [0.1, 0.15) is 0 Å². The number of carbonyl (C=O) groups excluding carboxylic acids is 1. The predicted octanol–water partition coefficient (Wildman–Crippen LogP) is 1.83. The molecular weight excluding hydrogens is 218 g/mol. The zero-order valence-electron chi connectivity index (χ0n) is 8.74. The number of esters is 1. The fourth-order valence-corrected chi connectivity index (χ4v) is 1.16. The van der Waals surface area contributed by atoms with Crippen molar-refractivity contribution in [2.75, 3.05) is 6.61 Å². The van der Waals surface area contributed by atoms with Crippen LogP contribution in [0.2, 0.25) is 0 Å². The van der Waals surface area contributed by atoms with Crippen LogP contribution in [0.5, 0.6) is 0 Å². The van der Waals surface area contributed by atoms with Crippen LogP contribution in [-0.2, 0) is 22.1 Å². The van der Waals surface area contributed by atoms with Crippen LogP contribution < -0.4 is 0 Å². The summed E-state index contributed by atoms with van der Waals surface area (Å²) >= 11 is 0. The summed E-state index contributed by atoms with van der Waals surface area (Å²) in [7, 11) is 0. The number of carbonyl (C=O) groups is 1. The average Bonchev–Trinajstić information content (AvgIpc) is 2.29. The van der Waals surface area contributed by atoms with E-state index < -0.39 is 17.5 Å². The first kappa shape index (κ1) is 12.6. The molecular formula is C11H12F2O3. The number of aliphatic hydroxyl groups excluding tert-OH is 1. The average molecular weight is 230 g/mol. The molecule has 1 rings (SSSR count). The van der Waals surface area contributed by atoms with Crippen molar-refractivity contribution in [1.29, 1.82) is 0 Å². The summed E-state index contributed by atoms with van der Waals surface area (Å²) in [5, 5.41) is 8.75. The zero-order valence-corrected chi connectivity index (χ0v) is 8.74. The summed E-state index contributed by atoms with van der Waals surface area (Å²) in [4.78, 5) is 11.0. The Balaban J connectivity index is 2.93. The maximum absolute atomic E-state index is 13.4. The van der Waals surface area contributed by atoms with Crippen molar-refractivity contribution < 1.29 is 23.4 Å². The number of hydrogen-bond donors (Lipinski definition) is 1. The third kappa shape index (κ3) is 2.55. The molecule has 0 bridgehead atoms. The second-order valence-electron chi connectivity index (χ2n) is 3.15. The van der Waals surface area contributed by atoms with Gasteiger partial charge in [-0.3, -0.25) is 0 Å². The molecule has 88 valence electrons. The normalized spacial score (nSPS) is 11.2. The van der Waals surface area contributed by atoms with Crippen molar-refractivity contribution in [2.45, 2.75) is 19.5 Å². The highest BCUT2D eigenvalue weighted by Gasteiger charge is 2.42. The van der Waals surface area contributed by atoms with Crippen molar-refractivity contribution in [1.82, 2.24) is 0 Å². The Kier molecular flexibility index (Phi) is 3.95. The first-order valence-electron chi connectivity index (χ1n) is 4.77. The highest BCUT2D eigenvalue weighted by molar-refractivity contribution is 5.79. The summed E-state index contributed by atoms with van der Waals surface area (Å²) < 4.78 is 31.1. The van der Waals surface area contributed by atoms with Gasteiger partial charge in [-0.25, -0.2) is 4.79 Å². The lowest BCUT2D eigenvalue weighted by Gasteiger charge is -2.14. The maximum Gasteiger partial charge on any atom is 0.381 e. The number of benzene rings is 1. The lowest BCUT2D eigenvalue weighted by molar-refractivity contribution is -0.173. The lowest BCUT2D eigenvalue weighted by Crippen LogP contribution is -2.28. The van der Waals surface area contributed by atoms with Gasteiger partial charge in [-0.1, -0.05) is 24.3 Å². The lowest BCUT2D eigenvalue weighted by atomic mass is 10.1. The molecule has 0 atom stereocenters. The minimum atomic E-state index is -3.65. The second-order valence-corrected chi connectivity index (χ2v) is 3.15. The fourth-order valence-electron chi connectivity index (χ4n) is 1.16. The third-order valence-corrected chi connectivity index (χ3v) is 2.03. The first-order chi connectivity index (χ1) is 7.52. The molecule has 0 amide bonds. The molecule has 0 saturated carbocycles. The van der Waals surface area contributed by atoms with Crippen molar-refractivity contribution in [2.24, 2.45) is 0 Å². The van der Waals surface area contributed by atoms with Crippen LogP contribution in [0.4, 0.5) is 8.78 Å². The number of hydrogen-bond acceptors (Lipinski definition) is 3. The van der Waals surface area contributed by atoms with E-state index in [1.54, 1.807) is 0 Å².